The molecule has 2 heterocycles. The van der Waals surface area contributed by atoms with E-state index in [2.05, 4.69) is 39.9 Å². The van der Waals surface area contributed by atoms with Crippen molar-refractivity contribution in [3.63, 3.8) is 0 Å². The lowest BCUT2D eigenvalue weighted by Crippen LogP contribution is -2.24. The number of nitrogens with one attached hydrogen (secondary N) is 2. The van der Waals surface area contributed by atoms with Crippen molar-refractivity contribution in [2.24, 2.45) is 0 Å². The molecule has 0 atom stereocenters. The van der Waals surface area contributed by atoms with Crippen molar-refractivity contribution in [1.29, 1.82) is 0 Å². The van der Waals surface area contributed by atoms with Crippen molar-refractivity contribution in [1.82, 2.24) is 10.3 Å². The number of hydrogen-bond acceptors (Lipinski definition) is 4. The molecule has 4 rings (SSSR count). The number of fused-ring (bicyclic) bond motifs is 1. The van der Waals surface area contributed by atoms with Gasteiger partial charge in [0.15, 0.2) is 5.13 Å². The van der Waals surface area contributed by atoms with Gasteiger partial charge in [-0.3, -0.25) is 10.1 Å². The van der Waals surface area contributed by atoms with Crippen LogP contribution in [0.25, 0.3) is 0 Å². The number of benzene rings is 2. The molecule has 27 heavy (non-hydrogen) atoms. The van der Waals surface area contributed by atoms with Crippen LogP contribution in [0.1, 0.15) is 31.9 Å². The molecule has 0 spiro atoms. The smallest absolute Gasteiger partial charge is 0.257 e. The van der Waals surface area contributed by atoms with Gasteiger partial charge in [0.1, 0.15) is 0 Å². The Hall–Kier alpha value is -2.21. The van der Waals surface area contributed by atoms with E-state index in [1.165, 1.54) is 21.6 Å². The van der Waals surface area contributed by atoms with Crippen LogP contribution in [0.3, 0.4) is 0 Å². The average molecular weight is 400 g/mol. The van der Waals surface area contributed by atoms with Crippen LogP contribution in [-0.2, 0) is 25.8 Å². The fraction of sp³-hybridized carbons (Fsp3) is 0.238. The number of nitrogens with zero attached hydrogens (tertiary/aromatic N) is 1. The van der Waals surface area contributed by atoms with E-state index in [0.717, 1.165) is 32.4 Å². The summed E-state index contributed by atoms with van der Waals surface area (Å²) in [5, 5.41) is 6.95. The third-order valence-corrected chi connectivity index (χ3v) is 5.60. The van der Waals surface area contributed by atoms with Crippen molar-refractivity contribution in [2.75, 3.05) is 11.9 Å². The van der Waals surface area contributed by atoms with Gasteiger partial charge < -0.3 is 5.32 Å². The summed E-state index contributed by atoms with van der Waals surface area (Å²) in [5.41, 5.74) is 4.56. The Morgan fingerprint density at radius 1 is 1.11 bits per heavy atom. The molecule has 1 aliphatic rings. The first-order valence-corrected chi connectivity index (χ1v) is 9.72. The number of aryl methyl sites for hydroxylation is 2. The quantitative estimate of drug-likeness (QED) is 0.674. The first-order chi connectivity index (χ1) is 12.8. The fourth-order valence-corrected chi connectivity index (χ4v) is 3.99. The van der Waals surface area contributed by atoms with Crippen LogP contribution in [0.4, 0.5) is 5.13 Å². The third kappa shape index (κ3) is 4.95. The van der Waals surface area contributed by atoms with E-state index in [0.29, 0.717) is 10.7 Å². The van der Waals surface area contributed by atoms with Crippen molar-refractivity contribution in [3.05, 3.63) is 81.9 Å². The second kappa shape index (κ2) is 9.13. The molecule has 140 valence electrons. The highest BCUT2D eigenvalue weighted by atomic mass is 35.5. The Balaban J connectivity index is 0.00000210. The standard InChI is InChI=1S/C21H21N3OS.ClH/c25-20(17-7-8-18-13-22-11-10-16(18)12-17)24-21-23-14-19(26-21)9-6-15-4-2-1-3-5-15;/h1-5,7-8,12,14,22H,6,9-11,13H2,(H,23,24,25);1H. The number of thiazole rings is 1. The number of amides is 1. The van der Waals surface area contributed by atoms with Gasteiger partial charge in [0.2, 0.25) is 0 Å². The number of hydrogen-bond donors (Lipinski definition) is 2. The monoisotopic (exact) mass is 399 g/mol. The molecule has 6 heteroatoms. The highest BCUT2D eigenvalue weighted by Gasteiger charge is 2.14. The van der Waals surface area contributed by atoms with Crippen LogP contribution in [0.15, 0.2) is 54.7 Å². The van der Waals surface area contributed by atoms with Gasteiger partial charge in [-0.25, -0.2) is 4.98 Å². The first kappa shape index (κ1) is 19.5. The molecule has 4 nitrogen and oxygen atoms in total. The molecule has 1 aromatic heterocycles. The zero-order valence-electron chi connectivity index (χ0n) is 14.9. The second-order valence-electron chi connectivity index (χ2n) is 6.48. The summed E-state index contributed by atoms with van der Waals surface area (Å²) in [7, 11) is 0. The van der Waals surface area contributed by atoms with Crippen LogP contribution >= 0.6 is 23.7 Å². The minimum atomic E-state index is -0.0877. The predicted molar refractivity (Wildman–Crippen MR) is 113 cm³/mol. The van der Waals surface area contributed by atoms with E-state index >= 15 is 0 Å². The van der Waals surface area contributed by atoms with E-state index in [9.17, 15) is 4.79 Å². The molecule has 3 aromatic rings. The molecule has 2 N–H and O–H groups in total. The van der Waals surface area contributed by atoms with Crippen molar-refractivity contribution in [2.45, 2.75) is 25.8 Å². The van der Waals surface area contributed by atoms with Crippen LogP contribution in [0.2, 0.25) is 0 Å². The summed E-state index contributed by atoms with van der Waals surface area (Å²) in [6.45, 7) is 1.85. The van der Waals surface area contributed by atoms with Gasteiger partial charge in [0, 0.05) is 23.2 Å². The van der Waals surface area contributed by atoms with Crippen LogP contribution in [-0.4, -0.2) is 17.4 Å². The van der Waals surface area contributed by atoms with Crippen molar-refractivity contribution < 1.29 is 4.79 Å². The minimum absolute atomic E-state index is 0. The van der Waals surface area contributed by atoms with E-state index < -0.39 is 0 Å². The summed E-state index contributed by atoms with van der Waals surface area (Å²) in [4.78, 5) is 18.1. The van der Waals surface area contributed by atoms with Gasteiger partial charge in [-0.1, -0.05) is 36.4 Å². The molecule has 0 unspecified atom stereocenters. The second-order valence-corrected chi connectivity index (χ2v) is 7.60. The SMILES string of the molecule is Cl.O=C(Nc1ncc(CCc2ccccc2)s1)c1ccc2c(c1)CCNC2. The Morgan fingerprint density at radius 3 is 2.81 bits per heavy atom. The number of aromatic nitrogens is 1. The molecule has 0 radical (unpaired) electrons. The predicted octanol–water partition coefficient (Wildman–Crippen LogP) is 4.25. The molecule has 0 bridgehead atoms. The van der Waals surface area contributed by atoms with Gasteiger partial charge in [-0.2, -0.15) is 0 Å². The Bertz CT molecular complexity index is 911. The lowest BCUT2D eigenvalue weighted by Gasteiger charge is -2.17. The maximum absolute atomic E-state index is 12.5. The Kier molecular flexibility index (Phi) is 6.61. The molecule has 2 aromatic carbocycles. The zero-order chi connectivity index (χ0) is 17.8. The largest absolute Gasteiger partial charge is 0.312 e. The molecule has 1 aliphatic heterocycles. The van der Waals surface area contributed by atoms with E-state index in [1.807, 2.05) is 30.5 Å². The van der Waals surface area contributed by atoms with Gasteiger partial charge >= 0.3 is 0 Å². The van der Waals surface area contributed by atoms with E-state index in [-0.39, 0.29) is 18.3 Å². The van der Waals surface area contributed by atoms with Crippen LogP contribution < -0.4 is 10.6 Å². The van der Waals surface area contributed by atoms with Gasteiger partial charge in [0.05, 0.1) is 0 Å². The molecular weight excluding hydrogens is 378 g/mol. The summed E-state index contributed by atoms with van der Waals surface area (Å²) < 4.78 is 0. The minimum Gasteiger partial charge on any atom is -0.312 e. The number of anilines is 1. The van der Waals surface area contributed by atoms with E-state index in [1.54, 1.807) is 11.3 Å². The number of rotatable bonds is 5. The number of carbonyl (C=O) groups is 1. The van der Waals surface area contributed by atoms with Crippen LogP contribution in [0.5, 0.6) is 0 Å². The van der Waals surface area contributed by atoms with E-state index in [4.69, 9.17) is 0 Å². The lowest BCUT2D eigenvalue weighted by atomic mass is 9.98. The normalized spacial score (nSPS) is 12.7. The topological polar surface area (TPSA) is 54.0 Å². The van der Waals surface area contributed by atoms with Gasteiger partial charge in [0.25, 0.3) is 5.91 Å². The molecule has 0 fully saturated rings. The van der Waals surface area contributed by atoms with Crippen molar-refractivity contribution >= 4 is 34.8 Å². The maximum Gasteiger partial charge on any atom is 0.257 e. The number of carbonyl (C=O) groups excluding carboxylic acids is 1. The molecule has 0 saturated carbocycles. The lowest BCUT2D eigenvalue weighted by molar-refractivity contribution is 0.102. The third-order valence-electron chi connectivity index (χ3n) is 4.63. The molecule has 0 saturated heterocycles. The summed E-state index contributed by atoms with van der Waals surface area (Å²) in [6, 6.07) is 16.4. The molecule has 1 amide bonds. The van der Waals surface area contributed by atoms with Gasteiger partial charge in [-0.05, 0) is 54.6 Å². The fourth-order valence-electron chi connectivity index (χ4n) is 3.18. The molecule has 0 aliphatic carbocycles. The van der Waals surface area contributed by atoms with Gasteiger partial charge in [-0.15, -0.1) is 23.7 Å². The van der Waals surface area contributed by atoms with Crippen LogP contribution in [0, 0.1) is 0 Å². The number of halogens is 1. The Labute approximate surface area is 169 Å². The average Bonchev–Trinajstić information content (AvgIpc) is 3.14. The maximum atomic E-state index is 12.5. The summed E-state index contributed by atoms with van der Waals surface area (Å²) in [6.07, 6.45) is 4.75. The summed E-state index contributed by atoms with van der Waals surface area (Å²) in [5.74, 6) is -0.0877. The first-order valence-electron chi connectivity index (χ1n) is 8.90. The zero-order valence-corrected chi connectivity index (χ0v) is 16.5. The summed E-state index contributed by atoms with van der Waals surface area (Å²) >= 11 is 1.55. The Morgan fingerprint density at radius 2 is 1.96 bits per heavy atom. The highest BCUT2D eigenvalue weighted by Crippen LogP contribution is 2.22. The molecular formula is C21H22ClN3OS. The highest BCUT2D eigenvalue weighted by molar-refractivity contribution is 7.15. The van der Waals surface area contributed by atoms with Crippen molar-refractivity contribution in [3.8, 4) is 0 Å².